The smallest absolute Gasteiger partial charge is 0.145 e. The molecule has 0 N–H and O–H groups in total. The molecule has 0 bridgehead atoms. The molecular weight excluding hydrogens is 239 g/mol. The zero-order valence-corrected chi connectivity index (χ0v) is 12.5. The molecule has 3 heteroatoms. The summed E-state index contributed by atoms with van der Waals surface area (Å²) >= 11 is 0. The van der Waals surface area contributed by atoms with E-state index in [9.17, 15) is 4.39 Å². The quantitative estimate of drug-likeness (QED) is 0.822. The van der Waals surface area contributed by atoms with E-state index in [1.54, 1.807) is 6.07 Å². The van der Waals surface area contributed by atoms with Gasteiger partial charge >= 0.3 is 0 Å². The van der Waals surface area contributed by atoms with E-state index >= 15 is 0 Å². The van der Waals surface area contributed by atoms with Crippen LogP contribution in [0.2, 0.25) is 0 Å². The topological polar surface area (TPSA) is 16.1 Å². The van der Waals surface area contributed by atoms with Crippen molar-refractivity contribution in [3.05, 3.63) is 29.3 Å². The van der Waals surface area contributed by atoms with Crippen LogP contribution in [0.15, 0.2) is 12.3 Å². The van der Waals surface area contributed by atoms with Gasteiger partial charge in [-0.2, -0.15) is 0 Å². The fourth-order valence-electron chi connectivity index (χ4n) is 2.86. The number of aromatic nitrogens is 1. The van der Waals surface area contributed by atoms with Gasteiger partial charge in [-0.05, 0) is 63.2 Å². The van der Waals surface area contributed by atoms with E-state index in [1.165, 1.54) is 0 Å². The van der Waals surface area contributed by atoms with Gasteiger partial charge in [0, 0.05) is 12.2 Å². The Morgan fingerprint density at radius 2 is 1.84 bits per heavy atom. The third-order valence-corrected chi connectivity index (χ3v) is 4.17. The molecule has 1 aromatic rings. The van der Waals surface area contributed by atoms with Crippen molar-refractivity contribution in [2.75, 3.05) is 13.1 Å². The van der Waals surface area contributed by atoms with Gasteiger partial charge in [0.25, 0.3) is 0 Å². The molecule has 2 rings (SSSR count). The van der Waals surface area contributed by atoms with E-state index in [0.29, 0.717) is 17.7 Å². The highest BCUT2D eigenvalue weighted by atomic mass is 19.1. The molecule has 1 aliphatic heterocycles. The monoisotopic (exact) mass is 264 g/mol. The molecule has 0 amide bonds. The first kappa shape index (κ1) is 14.4. The summed E-state index contributed by atoms with van der Waals surface area (Å²) in [4.78, 5) is 6.81. The second-order valence-electron chi connectivity index (χ2n) is 6.19. The van der Waals surface area contributed by atoms with E-state index < -0.39 is 0 Å². The molecule has 0 radical (unpaired) electrons. The first-order valence-electron chi connectivity index (χ1n) is 7.38. The lowest BCUT2D eigenvalue weighted by molar-refractivity contribution is 0.171. The third kappa shape index (κ3) is 3.33. The molecule has 0 aliphatic carbocycles. The number of nitrogens with zero attached hydrogens (tertiary/aromatic N) is 2. The number of pyridine rings is 1. The van der Waals surface area contributed by atoms with E-state index in [2.05, 4.69) is 23.7 Å². The first-order chi connectivity index (χ1) is 8.99. The van der Waals surface area contributed by atoms with Crippen LogP contribution in [0.25, 0.3) is 0 Å². The molecule has 1 saturated heterocycles. The van der Waals surface area contributed by atoms with Crippen molar-refractivity contribution in [2.45, 2.75) is 58.4 Å². The normalized spacial score (nSPS) is 18.5. The van der Waals surface area contributed by atoms with E-state index in [4.69, 9.17) is 0 Å². The summed E-state index contributed by atoms with van der Waals surface area (Å²) < 4.78 is 14.0. The van der Waals surface area contributed by atoms with Crippen LogP contribution in [0.5, 0.6) is 0 Å². The van der Waals surface area contributed by atoms with Crippen LogP contribution in [-0.2, 0) is 0 Å². The minimum Gasteiger partial charge on any atom is -0.301 e. The molecule has 0 atom stereocenters. The Balaban J connectivity index is 2.06. The molecule has 0 unspecified atom stereocenters. The first-order valence-corrected chi connectivity index (χ1v) is 7.38. The Labute approximate surface area is 116 Å². The summed E-state index contributed by atoms with van der Waals surface area (Å²) in [6, 6.07) is 2.32. The predicted molar refractivity (Wildman–Crippen MR) is 77.0 cm³/mol. The van der Waals surface area contributed by atoms with Gasteiger partial charge < -0.3 is 4.90 Å². The lowest BCUT2D eigenvalue weighted by Gasteiger charge is -2.34. The minimum absolute atomic E-state index is 0.140. The Kier molecular flexibility index (Phi) is 4.56. The van der Waals surface area contributed by atoms with Crippen molar-refractivity contribution in [1.82, 2.24) is 9.88 Å². The highest BCUT2D eigenvalue weighted by Crippen LogP contribution is 2.29. The zero-order valence-electron chi connectivity index (χ0n) is 12.5. The van der Waals surface area contributed by atoms with Crippen LogP contribution in [0.4, 0.5) is 4.39 Å². The minimum atomic E-state index is -0.140. The maximum atomic E-state index is 14.0. The number of rotatable bonds is 3. The van der Waals surface area contributed by atoms with Gasteiger partial charge in [-0.3, -0.25) is 4.98 Å². The van der Waals surface area contributed by atoms with Crippen molar-refractivity contribution in [3.8, 4) is 0 Å². The van der Waals surface area contributed by atoms with Crippen LogP contribution in [0, 0.1) is 5.82 Å². The van der Waals surface area contributed by atoms with Crippen molar-refractivity contribution < 1.29 is 4.39 Å². The number of piperidine rings is 1. The van der Waals surface area contributed by atoms with Gasteiger partial charge in [-0.15, -0.1) is 0 Å². The number of hydrogen-bond donors (Lipinski definition) is 0. The summed E-state index contributed by atoms with van der Waals surface area (Å²) in [7, 11) is 0. The van der Waals surface area contributed by atoms with Crippen LogP contribution in [0.3, 0.4) is 0 Å². The van der Waals surface area contributed by atoms with Gasteiger partial charge in [0.15, 0.2) is 0 Å². The molecule has 19 heavy (non-hydrogen) atoms. The summed E-state index contributed by atoms with van der Waals surface area (Å²) in [5, 5.41) is 0. The molecule has 2 heterocycles. The molecule has 0 aromatic carbocycles. The molecule has 2 nitrogen and oxygen atoms in total. The molecular formula is C16H25FN2. The lowest BCUT2D eigenvalue weighted by atomic mass is 9.89. The standard InChI is InChI=1S/C16H25FN2/c1-11(2)16-15(17)9-14(10-18-16)13-5-7-19(8-6-13)12(3)4/h9-13H,5-8H2,1-4H3. The van der Waals surface area contributed by atoms with Crippen molar-refractivity contribution in [3.63, 3.8) is 0 Å². The van der Waals surface area contributed by atoms with Gasteiger partial charge in [0.1, 0.15) is 5.82 Å². The summed E-state index contributed by atoms with van der Waals surface area (Å²) in [5.74, 6) is 0.480. The Morgan fingerprint density at radius 3 is 2.32 bits per heavy atom. The molecule has 0 spiro atoms. The van der Waals surface area contributed by atoms with E-state index in [1.807, 2.05) is 20.0 Å². The largest absolute Gasteiger partial charge is 0.301 e. The van der Waals surface area contributed by atoms with Crippen molar-refractivity contribution in [2.24, 2.45) is 0 Å². The van der Waals surface area contributed by atoms with Gasteiger partial charge in [0.05, 0.1) is 5.69 Å². The number of hydrogen-bond acceptors (Lipinski definition) is 2. The Morgan fingerprint density at radius 1 is 1.21 bits per heavy atom. The fourth-order valence-corrected chi connectivity index (χ4v) is 2.86. The van der Waals surface area contributed by atoms with Crippen LogP contribution < -0.4 is 0 Å². The van der Waals surface area contributed by atoms with Crippen LogP contribution >= 0.6 is 0 Å². The molecule has 1 fully saturated rings. The summed E-state index contributed by atoms with van der Waals surface area (Å²) in [5.41, 5.74) is 1.66. The Bertz CT molecular complexity index is 421. The lowest BCUT2D eigenvalue weighted by Crippen LogP contribution is -2.37. The maximum Gasteiger partial charge on any atom is 0.145 e. The van der Waals surface area contributed by atoms with Crippen molar-refractivity contribution >= 4 is 0 Å². The second kappa shape index (κ2) is 6.00. The van der Waals surface area contributed by atoms with E-state index in [0.717, 1.165) is 31.5 Å². The average molecular weight is 264 g/mol. The average Bonchev–Trinajstić information content (AvgIpc) is 2.38. The number of halogens is 1. The molecule has 106 valence electrons. The van der Waals surface area contributed by atoms with E-state index in [-0.39, 0.29) is 11.7 Å². The van der Waals surface area contributed by atoms with Crippen molar-refractivity contribution in [1.29, 1.82) is 0 Å². The predicted octanol–water partition coefficient (Wildman–Crippen LogP) is 3.93. The van der Waals surface area contributed by atoms with Gasteiger partial charge in [-0.1, -0.05) is 13.8 Å². The zero-order chi connectivity index (χ0) is 14.0. The van der Waals surface area contributed by atoms with Crippen LogP contribution in [-0.4, -0.2) is 29.0 Å². The fraction of sp³-hybridized carbons (Fsp3) is 0.688. The third-order valence-electron chi connectivity index (χ3n) is 4.17. The highest BCUT2D eigenvalue weighted by Gasteiger charge is 2.23. The number of likely N-dealkylation sites (tertiary alicyclic amines) is 1. The maximum absolute atomic E-state index is 14.0. The molecule has 1 aromatic heterocycles. The molecule has 1 aliphatic rings. The summed E-state index contributed by atoms with van der Waals surface area (Å²) in [6.45, 7) is 10.6. The Hall–Kier alpha value is -0.960. The molecule has 0 saturated carbocycles. The van der Waals surface area contributed by atoms with Gasteiger partial charge in [0.2, 0.25) is 0 Å². The van der Waals surface area contributed by atoms with Crippen LogP contribution in [0.1, 0.15) is 63.6 Å². The SMILES string of the molecule is CC(C)c1ncc(C2CCN(C(C)C)CC2)cc1F. The summed E-state index contributed by atoms with van der Waals surface area (Å²) in [6.07, 6.45) is 4.11. The highest BCUT2D eigenvalue weighted by molar-refractivity contribution is 5.22. The van der Waals surface area contributed by atoms with Gasteiger partial charge in [-0.25, -0.2) is 4.39 Å². The second-order valence-corrected chi connectivity index (χ2v) is 6.19.